The van der Waals surface area contributed by atoms with Crippen molar-refractivity contribution in [3.05, 3.63) is 59.2 Å². The minimum absolute atomic E-state index is 0.0207. The molecule has 0 spiro atoms. The van der Waals surface area contributed by atoms with Crippen LogP contribution in [0.4, 0.5) is 13.2 Å². The summed E-state index contributed by atoms with van der Waals surface area (Å²) >= 11 is 0. The summed E-state index contributed by atoms with van der Waals surface area (Å²) < 4.78 is 40.7. The van der Waals surface area contributed by atoms with E-state index in [0.29, 0.717) is 21.7 Å². The molecule has 1 aliphatic carbocycles. The van der Waals surface area contributed by atoms with Gasteiger partial charge in [-0.25, -0.2) is 0 Å². The third kappa shape index (κ3) is 1.96. The Hall–Kier alpha value is -2.40. The fourth-order valence-electron chi connectivity index (χ4n) is 3.43. The number of hydrogen-bond acceptors (Lipinski definition) is 2. The van der Waals surface area contributed by atoms with Crippen LogP contribution in [-0.4, -0.2) is 10.9 Å². The van der Waals surface area contributed by atoms with Gasteiger partial charge in [-0.2, -0.15) is 13.2 Å². The molecule has 1 unspecified atom stereocenters. The number of ketones is 1. The molecule has 0 saturated carbocycles. The smallest absolute Gasteiger partial charge is 0.388 e. The molecule has 0 aromatic heterocycles. The molecular formula is C18H11F3O2. The zero-order valence-corrected chi connectivity index (χ0v) is 11.8. The van der Waals surface area contributed by atoms with E-state index in [0.717, 1.165) is 6.07 Å². The molecule has 1 atom stereocenters. The van der Waals surface area contributed by atoms with Gasteiger partial charge in [0.25, 0.3) is 0 Å². The van der Waals surface area contributed by atoms with Gasteiger partial charge in [0.1, 0.15) is 0 Å². The first kappa shape index (κ1) is 14.2. The number of carbonyl (C=O) groups excluding carboxylic acids is 1. The van der Waals surface area contributed by atoms with Crippen LogP contribution in [0.15, 0.2) is 42.5 Å². The lowest BCUT2D eigenvalue weighted by atomic mass is 9.91. The second-order valence-corrected chi connectivity index (χ2v) is 5.74. The summed E-state index contributed by atoms with van der Waals surface area (Å²) in [6.45, 7) is 0. The molecular weight excluding hydrogens is 305 g/mol. The number of carbonyl (C=O) groups is 1. The van der Waals surface area contributed by atoms with Crippen molar-refractivity contribution in [1.82, 2.24) is 0 Å². The maximum Gasteiger partial charge on any atom is 0.417 e. The normalized spacial score (nSPS) is 17.9. The molecule has 4 rings (SSSR count). The maximum absolute atomic E-state index is 13.6. The van der Waals surface area contributed by atoms with Crippen LogP contribution >= 0.6 is 0 Å². The Bertz CT molecular complexity index is 973. The molecule has 2 nitrogen and oxygen atoms in total. The highest BCUT2D eigenvalue weighted by molar-refractivity contribution is 6.15. The molecule has 0 radical (unpaired) electrons. The Morgan fingerprint density at radius 3 is 2.52 bits per heavy atom. The van der Waals surface area contributed by atoms with E-state index in [1.807, 2.05) is 0 Å². The van der Waals surface area contributed by atoms with Gasteiger partial charge in [-0.1, -0.05) is 36.4 Å². The Kier molecular flexibility index (Phi) is 2.81. The van der Waals surface area contributed by atoms with Crippen molar-refractivity contribution in [1.29, 1.82) is 0 Å². The third-order valence-corrected chi connectivity index (χ3v) is 4.39. The quantitative estimate of drug-likeness (QED) is 0.614. The largest absolute Gasteiger partial charge is 0.417 e. The summed E-state index contributed by atoms with van der Waals surface area (Å²) in [5.74, 6) is -0.451. The molecule has 3 aromatic carbocycles. The minimum Gasteiger partial charge on any atom is -0.388 e. The Labute approximate surface area is 129 Å². The molecule has 1 aliphatic rings. The van der Waals surface area contributed by atoms with Gasteiger partial charge < -0.3 is 5.11 Å². The van der Waals surface area contributed by atoms with Crippen LogP contribution in [0.2, 0.25) is 0 Å². The van der Waals surface area contributed by atoms with Crippen molar-refractivity contribution in [3.8, 4) is 0 Å². The molecule has 116 valence electrons. The number of hydrogen-bond donors (Lipinski definition) is 1. The number of aliphatic hydroxyl groups is 1. The molecule has 0 saturated heterocycles. The van der Waals surface area contributed by atoms with Crippen LogP contribution in [0.3, 0.4) is 0 Å². The van der Waals surface area contributed by atoms with E-state index in [1.165, 1.54) is 0 Å². The monoisotopic (exact) mass is 316 g/mol. The second kappa shape index (κ2) is 4.55. The fourth-order valence-corrected chi connectivity index (χ4v) is 3.43. The number of halogens is 3. The molecule has 0 bridgehead atoms. The fraction of sp³-hybridized carbons (Fsp3) is 0.167. The minimum atomic E-state index is -4.58. The van der Waals surface area contributed by atoms with E-state index < -0.39 is 23.6 Å². The van der Waals surface area contributed by atoms with Crippen LogP contribution in [0, 0.1) is 0 Å². The van der Waals surface area contributed by atoms with Crippen LogP contribution in [-0.2, 0) is 6.18 Å². The Morgan fingerprint density at radius 1 is 1.04 bits per heavy atom. The van der Waals surface area contributed by atoms with Gasteiger partial charge in [0, 0.05) is 17.4 Å². The maximum atomic E-state index is 13.6. The van der Waals surface area contributed by atoms with Crippen molar-refractivity contribution >= 4 is 27.3 Å². The first-order chi connectivity index (χ1) is 10.9. The first-order valence-electron chi connectivity index (χ1n) is 7.15. The molecule has 0 heterocycles. The number of aliphatic hydroxyl groups excluding tert-OH is 1. The molecule has 1 N–H and O–H groups in total. The topological polar surface area (TPSA) is 37.3 Å². The van der Waals surface area contributed by atoms with Crippen LogP contribution in [0.5, 0.6) is 0 Å². The van der Waals surface area contributed by atoms with Crippen molar-refractivity contribution in [2.45, 2.75) is 18.7 Å². The van der Waals surface area contributed by atoms with Gasteiger partial charge in [0.15, 0.2) is 5.78 Å². The van der Waals surface area contributed by atoms with Crippen molar-refractivity contribution < 1.29 is 23.1 Å². The third-order valence-electron chi connectivity index (χ3n) is 4.39. The number of rotatable bonds is 0. The lowest BCUT2D eigenvalue weighted by molar-refractivity contribution is -0.136. The zero-order chi connectivity index (χ0) is 16.4. The van der Waals surface area contributed by atoms with Gasteiger partial charge in [0.05, 0.1) is 11.7 Å². The summed E-state index contributed by atoms with van der Waals surface area (Å²) in [4.78, 5) is 11.9. The first-order valence-corrected chi connectivity index (χ1v) is 7.15. The average Bonchev–Trinajstić information content (AvgIpc) is 2.80. The highest BCUT2D eigenvalue weighted by atomic mass is 19.4. The second-order valence-electron chi connectivity index (χ2n) is 5.74. The van der Waals surface area contributed by atoms with Gasteiger partial charge in [-0.05, 0) is 27.8 Å². The van der Waals surface area contributed by atoms with Gasteiger partial charge in [0.2, 0.25) is 0 Å². The molecule has 23 heavy (non-hydrogen) atoms. The van der Waals surface area contributed by atoms with Gasteiger partial charge >= 0.3 is 6.18 Å². The van der Waals surface area contributed by atoms with E-state index in [2.05, 4.69) is 0 Å². The zero-order valence-electron chi connectivity index (χ0n) is 11.8. The number of alkyl halides is 3. The lowest BCUT2D eigenvalue weighted by Gasteiger charge is -2.17. The molecule has 0 amide bonds. The molecule has 0 aliphatic heterocycles. The lowest BCUT2D eigenvalue weighted by Crippen LogP contribution is -2.09. The van der Waals surface area contributed by atoms with E-state index in [9.17, 15) is 23.1 Å². The van der Waals surface area contributed by atoms with Crippen LogP contribution < -0.4 is 0 Å². The summed E-state index contributed by atoms with van der Waals surface area (Å²) in [5.41, 5.74) is -0.540. The van der Waals surface area contributed by atoms with E-state index >= 15 is 0 Å². The van der Waals surface area contributed by atoms with E-state index in [1.54, 1.807) is 36.4 Å². The highest BCUT2D eigenvalue weighted by Crippen LogP contribution is 2.45. The highest BCUT2D eigenvalue weighted by Gasteiger charge is 2.38. The van der Waals surface area contributed by atoms with Crippen molar-refractivity contribution in [2.24, 2.45) is 0 Å². The molecule has 3 aromatic rings. The van der Waals surface area contributed by atoms with E-state index in [-0.39, 0.29) is 17.4 Å². The van der Waals surface area contributed by atoms with E-state index in [4.69, 9.17) is 0 Å². The predicted octanol–water partition coefficient (Wildman–Crippen LogP) is 4.63. The summed E-state index contributed by atoms with van der Waals surface area (Å²) in [6, 6.07) is 11.0. The number of benzene rings is 3. The average molecular weight is 316 g/mol. The summed E-state index contributed by atoms with van der Waals surface area (Å²) in [7, 11) is 0. The summed E-state index contributed by atoms with van der Waals surface area (Å²) in [6.07, 6.45) is -5.80. The number of fused-ring (bicyclic) bond motifs is 5. The van der Waals surface area contributed by atoms with Crippen LogP contribution in [0.25, 0.3) is 21.5 Å². The predicted molar refractivity (Wildman–Crippen MR) is 80.4 cm³/mol. The Morgan fingerprint density at radius 2 is 1.78 bits per heavy atom. The van der Waals surface area contributed by atoms with Crippen LogP contribution in [0.1, 0.15) is 34.0 Å². The SMILES string of the molecule is O=C1CC(O)c2c1cc(C(F)(F)F)c1c2ccc2ccccc21. The van der Waals surface area contributed by atoms with Crippen molar-refractivity contribution in [3.63, 3.8) is 0 Å². The number of Topliss-reactive ketones (excluding diaryl/α,β-unsaturated/α-hetero) is 1. The Balaban J connectivity index is 2.27. The molecule has 0 fully saturated rings. The van der Waals surface area contributed by atoms with Crippen molar-refractivity contribution in [2.75, 3.05) is 0 Å². The van der Waals surface area contributed by atoms with Gasteiger partial charge in [-0.15, -0.1) is 0 Å². The summed E-state index contributed by atoms with van der Waals surface area (Å²) in [5, 5.41) is 11.6. The van der Waals surface area contributed by atoms with Gasteiger partial charge in [-0.3, -0.25) is 4.79 Å². The standard InChI is InChI=1S/C18H11F3O2/c19-18(20,21)13-7-12-14(22)8-15(23)17(12)11-6-5-9-3-1-2-4-10(9)16(11)13/h1-7,15,23H,8H2. The molecule has 5 heteroatoms.